The first kappa shape index (κ1) is 27.3. The number of fused-ring (bicyclic) bond motifs is 6. The lowest BCUT2D eigenvalue weighted by molar-refractivity contribution is 0.805. The maximum atomic E-state index is 4.67. The highest BCUT2D eigenvalue weighted by Gasteiger charge is 2.21. The van der Waals surface area contributed by atoms with Crippen molar-refractivity contribution in [3.8, 4) is 39.6 Å². The molecule has 0 bridgehead atoms. The quantitative estimate of drug-likeness (QED) is 0.190. The fraction of sp³-hybridized carbons (Fsp3) is 0. The molecule has 0 saturated heterocycles. The van der Waals surface area contributed by atoms with Crippen LogP contribution in [0.1, 0.15) is 0 Å². The van der Waals surface area contributed by atoms with Crippen molar-refractivity contribution in [3.63, 3.8) is 0 Å². The van der Waals surface area contributed by atoms with E-state index >= 15 is 0 Å². The van der Waals surface area contributed by atoms with Gasteiger partial charge in [0, 0.05) is 62.6 Å². The number of para-hydroxylation sites is 3. The zero-order valence-electron chi connectivity index (χ0n) is 26.2. The molecular weight excluding hydrogens is 603 g/mol. The molecule has 5 heterocycles. The normalized spacial score (nSPS) is 11.7. The second-order valence-electron chi connectivity index (χ2n) is 12.1. The summed E-state index contributed by atoms with van der Waals surface area (Å²) in [6.07, 6.45) is 7.17. The summed E-state index contributed by atoms with van der Waals surface area (Å²) >= 11 is 0. The summed E-state index contributed by atoms with van der Waals surface area (Å²) in [5, 5.41) is 14.1. The van der Waals surface area contributed by atoms with Crippen LogP contribution in [0, 0.1) is 0 Å². The van der Waals surface area contributed by atoms with Gasteiger partial charge in [-0.3, -0.25) is 9.97 Å². The Labute approximate surface area is 281 Å². The van der Waals surface area contributed by atoms with Gasteiger partial charge in [-0.1, -0.05) is 78.0 Å². The van der Waals surface area contributed by atoms with E-state index in [1.54, 1.807) is 18.6 Å². The predicted molar refractivity (Wildman–Crippen MR) is 196 cm³/mol. The molecule has 10 rings (SSSR count). The van der Waals surface area contributed by atoms with Gasteiger partial charge in [0.25, 0.3) is 0 Å². The topological polar surface area (TPSA) is 66.3 Å². The molecule has 10 aromatic rings. The minimum Gasteiger partial charge on any atom is -0.309 e. The molecule has 0 N–H and O–H groups in total. The fourth-order valence-electron chi connectivity index (χ4n) is 7.27. The van der Waals surface area contributed by atoms with Crippen molar-refractivity contribution in [1.29, 1.82) is 0 Å². The Kier molecular flexibility index (Phi) is 6.04. The number of rotatable bonds is 5. The lowest BCUT2D eigenvalue weighted by Crippen LogP contribution is -2.01. The van der Waals surface area contributed by atoms with E-state index in [9.17, 15) is 0 Å². The molecule has 0 spiro atoms. The highest BCUT2D eigenvalue weighted by Crippen LogP contribution is 2.39. The van der Waals surface area contributed by atoms with Crippen LogP contribution in [0.2, 0.25) is 0 Å². The minimum atomic E-state index is 0.757. The summed E-state index contributed by atoms with van der Waals surface area (Å²) in [4.78, 5) is 8.75. The Hall–Kier alpha value is -6.86. The van der Waals surface area contributed by atoms with Crippen molar-refractivity contribution >= 4 is 43.6 Å². The highest BCUT2D eigenvalue weighted by atomic mass is 15.4. The maximum absolute atomic E-state index is 4.67. The third-order valence-electron chi connectivity index (χ3n) is 9.37. The van der Waals surface area contributed by atoms with Crippen LogP contribution >= 0.6 is 0 Å². The van der Waals surface area contributed by atoms with Crippen LogP contribution in [0.4, 0.5) is 0 Å². The first-order chi connectivity index (χ1) is 24.3. The molecule has 0 saturated carbocycles. The first-order valence-electron chi connectivity index (χ1n) is 16.2. The average molecular weight is 630 g/mol. The molecule has 5 aromatic heterocycles. The first-order valence-corrected chi connectivity index (χ1v) is 16.2. The van der Waals surface area contributed by atoms with Gasteiger partial charge in [0.05, 0.1) is 34.0 Å². The molecule has 0 aliphatic rings. The van der Waals surface area contributed by atoms with Gasteiger partial charge < -0.3 is 9.13 Å². The molecular formula is C42H27N7. The number of pyridine rings is 2. The van der Waals surface area contributed by atoms with Gasteiger partial charge >= 0.3 is 0 Å². The standard InChI is InChI=1S/C42H27N7/c1-4-17-37-33(14-1)34-15-2-5-18-38(34)47(37)30-11-7-12-31(25-30)48-39-19-6-3-16-35(39)36-21-20-28(24-40(36)48)42-41(29-10-8-22-43-26-29)45-46-49(42)32-13-9-23-44-27-32/h1-27H. The second kappa shape index (κ2) is 10.9. The van der Waals surface area contributed by atoms with Crippen LogP contribution in [0.3, 0.4) is 0 Å². The number of aromatic nitrogens is 7. The highest BCUT2D eigenvalue weighted by molar-refractivity contribution is 6.11. The molecule has 0 unspecified atom stereocenters. The lowest BCUT2D eigenvalue weighted by atomic mass is 10.0. The lowest BCUT2D eigenvalue weighted by Gasteiger charge is -2.13. The van der Waals surface area contributed by atoms with Crippen molar-refractivity contribution in [3.05, 3.63) is 164 Å². The summed E-state index contributed by atoms with van der Waals surface area (Å²) < 4.78 is 6.60. The van der Waals surface area contributed by atoms with Crippen LogP contribution in [0.5, 0.6) is 0 Å². The second-order valence-corrected chi connectivity index (χ2v) is 12.1. The maximum Gasteiger partial charge on any atom is 0.123 e. The molecule has 7 nitrogen and oxygen atoms in total. The summed E-state index contributed by atoms with van der Waals surface area (Å²) in [5.41, 5.74) is 11.1. The zero-order chi connectivity index (χ0) is 32.3. The van der Waals surface area contributed by atoms with Crippen LogP contribution < -0.4 is 0 Å². The van der Waals surface area contributed by atoms with Gasteiger partial charge in [0.15, 0.2) is 0 Å². The molecule has 0 atom stereocenters. The third-order valence-corrected chi connectivity index (χ3v) is 9.37. The number of nitrogens with zero attached hydrogens (tertiary/aromatic N) is 7. The van der Waals surface area contributed by atoms with Gasteiger partial charge in [0.1, 0.15) is 11.4 Å². The Morgan fingerprint density at radius 1 is 0.408 bits per heavy atom. The Bertz CT molecular complexity index is 2720. The van der Waals surface area contributed by atoms with Crippen molar-refractivity contribution in [2.75, 3.05) is 0 Å². The molecule has 7 heteroatoms. The molecule has 0 aliphatic heterocycles. The largest absolute Gasteiger partial charge is 0.309 e. The smallest absolute Gasteiger partial charge is 0.123 e. The van der Waals surface area contributed by atoms with E-state index in [0.29, 0.717) is 0 Å². The molecule has 0 aliphatic carbocycles. The minimum absolute atomic E-state index is 0.757. The fourth-order valence-corrected chi connectivity index (χ4v) is 7.27. The Balaban J connectivity index is 1.23. The van der Waals surface area contributed by atoms with Gasteiger partial charge in [-0.15, -0.1) is 5.10 Å². The van der Waals surface area contributed by atoms with Crippen LogP contribution in [-0.4, -0.2) is 34.1 Å². The van der Waals surface area contributed by atoms with Gasteiger partial charge in [0.2, 0.25) is 0 Å². The Morgan fingerprint density at radius 3 is 1.59 bits per heavy atom. The summed E-state index contributed by atoms with van der Waals surface area (Å²) in [5.74, 6) is 0. The van der Waals surface area contributed by atoms with E-state index in [1.165, 1.54) is 32.6 Å². The average Bonchev–Trinajstić information content (AvgIpc) is 3.86. The monoisotopic (exact) mass is 629 g/mol. The number of hydrogen-bond donors (Lipinski definition) is 0. The summed E-state index contributed by atoms with van der Waals surface area (Å²) in [6.45, 7) is 0. The van der Waals surface area contributed by atoms with Crippen LogP contribution in [0.15, 0.2) is 164 Å². The molecule has 0 fully saturated rings. The van der Waals surface area contributed by atoms with Crippen LogP contribution in [0.25, 0.3) is 83.2 Å². The molecule has 49 heavy (non-hydrogen) atoms. The molecule has 0 amide bonds. The van der Waals surface area contributed by atoms with Crippen LogP contribution in [-0.2, 0) is 0 Å². The van der Waals surface area contributed by atoms with Gasteiger partial charge in [-0.2, -0.15) is 0 Å². The van der Waals surface area contributed by atoms with Crippen molar-refractivity contribution in [1.82, 2.24) is 34.1 Å². The summed E-state index contributed by atoms with van der Waals surface area (Å²) in [6, 6.07) is 49.2. The van der Waals surface area contributed by atoms with E-state index < -0.39 is 0 Å². The Morgan fingerprint density at radius 2 is 0.980 bits per heavy atom. The van der Waals surface area contributed by atoms with Gasteiger partial charge in [-0.05, 0) is 66.7 Å². The van der Waals surface area contributed by atoms with Crippen molar-refractivity contribution < 1.29 is 0 Å². The molecule has 5 aromatic carbocycles. The van der Waals surface area contributed by atoms with Crippen molar-refractivity contribution in [2.45, 2.75) is 0 Å². The van der Waals surface area contributed by atoms with E-state index in [4.69, 9.17) is 0 Å². The molecule has 230 valence electrons. The van der Waals surface area contributed by atoms with Gasteiger partial charge in [-0.25, -0.2) is 4.68 Å². The molecule has 0 radical (unpaired) electrons. The predicted octanol–water partition coefficient (Wildman–Crippen LogP) is 9.59. The summed E-state index contributed by atoms with van der Waals surface area (Å²) in [7, 11) is 0. The third kappa shape index (κ3) is 4.22. The van der Waals surface area contributed by atoms with Crippen molar-refractivity contribution in [2.24, 2.45) is 0 Å². The van der Waals surface area contributed by atoms with E-state index in [0.717, 1.165) is 50.6 Å². The SMILES string of the molecule is c1cncc(-c2nnn(-c3cccnc3)c2-c2ccc3c4ccccc4n(-c4cccc(-n5c6ccccc6c6ccccc65)c4)c3c2)c1. The number of benzene rings is 5. The van der Waals surface area contributed by atoms with E-state index in [-0.39, 0.29) is 0 Å². The number of hydrogen-bond acceptors (Lipinski definition) is 4. The van der Waals surface area contributed by atoms with E-state index in [2.05, 4.69) is 145 Å². The zero-order valence-corrected chi connectivity index (χ0v) is 26.2. The van der Waals surface area contributed by atoms with E-state index in [1.807, 2.05) is 35.1 Å².